The molecule has 2 atom stereocenters. The Morgan fingerprint density at radius 2 is 1.67 bits per heavy atom. The van der Waals surface area contributed by atoms with E-state index in [1.807, 2.05) is 20.8 Å². The summed E-state index contributed by atoms with van der Waals surface area (Å²) in [5.74, 6) is 0.642. The van der Waals surface area contributed by atoms with E-state index in [0.717, 1.165) is 11.1 Å². The molecule has 0 aliphatic carbocycles. The third-order valence-corrected chi connectivity index (χ3v) is 6.01. The van der Waals surface area contributed by atoms with E-state index in [-0.39, 0.29) is 16.7 Å². The molecule has 0 radical (unpaired) electrons. The lowest BCUT2D eigenvalue weighted by Crippen LogP contribution is -2.44. The largest absolute Gasteiger partial charge is 0.464 e. The number of hydrogen-bond acceptors (Lipinski definition) is 6. The predicted molar refractivity (Wildman–Crippen MR) is 100 cm³/mol. The molecule has 27 heavy (non-hydrogen) atoms. The lowest BCUT2D eigenvalue weighted by atomic mass is 9.79. The van der Waals surface area contributed by atoms with Gasteiger partial charge in [-0.1, -0.05) is 31.5 Å². The van der Waals surface area contributed by atoms with Gasteiger partial charge in [0, 0.05) is 25.8 Å². The zero-order chi connectivity index (χ0) is 19.8. The molecule has 0 amide bonds. The van der Waals surface area contributed by atoms with E-state index in [4.69, 9.17) is 18.4 Å². The topological polar surface area (TPSA) is 71.1 Å². The van der Waals surface area contributed by atoms with Crippen LogP contribution < -0.4 is 8.92 Å². The third kappa shape index (κ3) is 3.67. The van der Waals surface area contributed by atoms with Gasteiger partial charge in [0.2, 0.25) is 6.29 Å². The first-order chi connectivity index (χ1) is 12.7. The van der Waals surface area contributed by atoms with Crippen molar-refractivity contribution in [1.82, 2.24) is 0 Å². The molecule has 0 fully saturated rings. The highest BCUT2D eigenvalue weighted by molar-refractivity contribution is 7.87. The maximum atomic E-state index is 12.5. The molecule has 0 saturated carbocycles. The lowest BCUT2D eigenvalue weighted by molar-refractivity contribution is -0.187. The Morgan fingerprint density at radius 3 is 2.26 bits per heavy atom. The molecular formula is C20H24O6S. The van der Waals surface area contributed by atoms with Crippen molar-refractivity contribution in [2.45, 2.75) is 38.1 Å². The van der Waals surface area contributed by atoms with Crippen LogP contribution in [0.2, 0.25) is 0 Å². The van der Waals surface area contributed by atoms with Crippen molar-refractivity contribution in [1.29, 1.82) is 0 Å². The minimum atomic E-state index is -3.94. The Balaban J connectivity index is 1.93. The minimum Gasteiger partial charge on any atom is -0.464 e. The average molecular weight is 392 g/mol. The summed E-state index contributed by atoms with van der Waals surface area (Å²) in [5.41, 5.74) is 1.36. The fourth-order valence-electron chi connectivity index (χ4n) is 3.34. The number of benzene rings is 2. The molecule has 146 valence electrons. The molecule has 1 aliphatic heterocycles. The summed E-state index contributed by atoms with van der Waals surface area (Å²) in [6.45, 7) is 5.87. The van der Waals surface area contributed by atoms with E-state index in [0.29, 0.717) is 5.75 Å². The Kier molecular flexibility index (Phi) is 5.20. The summed E-state index contributed by atoms with van der Waals surface area (Å²) in [6, 6.07) is 11.4. The van der Waals surface area contributed by atoms with Gasteiger partial charge in [0.1, 0.15) is 16.4 Å². The summed E-state index contributed by atoms with van der Waals surface area (Å²) in [5, 5.41) is 0. The molecule has 1 aliphatic rings. The Bertz CT molecular complexity index is 918. The van der Waals surface area contributed by atoms with Gasteiger partial charge < -0.3 is 18.4 Å². The molecule has 6 nitrogen and oxygen atoms in total. The molecule has 0 spiro atoms. The number of ether oxygens (including phenoxy) is 3. The van der Waals surface area contributed by atoms with Crippen LogP contribution >= 0.6 is 0 Å². The van der Waals surface area contributed by atoms with Gasteiger partial charge in [-0.3, -0.25) is 0 Å². The first-order valence-corrected chi connectivity index (χ1v) is 9.97. The molecule has 0 saturated heterocycles. The standard InChI is InChI=1S/C20H24O6S/c1-13-6-9-15(10-7-13)27(21,22)26-14-8-11-16-17(12-14)25-19(24-5)20(2,3)18(16)23-4/h6-12,18-19H,1-5H3/t18-,19-/m1/s1. The zero-order valence-corrected chi connectivity index (χ0v) is 16.9. The zero-order valence-electron chi connectivity index (χ0n) is 16.1. The molecule has 0 bridgehead atoms. The number of rotatable bonds is 5. The van der Waals surface area contributed by atoms with E-state index in [1.165, 1.54) is 12.1 Å². The molecular weight excluding hydrogens is 368 g/mol. The van der Waals surface area contributed by atoms with E-state index in [2.05, 4.69) is 0 Å². The second-order valence-electron chi connectivity index (χ2n) is 7.17. The number of methoxy groups -OCH3 is 2. The number of aryl methyl sites for hydroxylation is 1. The molecule has 7 heteroatoms. The Hall–Kier alpha value is -2.09. The molecule has 0 aromatic heterocycles. The van der Waals surface area contributed by atoms with Crippen molar-refractivity contribution >= 4 is 10.1 Å². The van der Waals surface area contributed by atoms with E-state index < -0.39 is 21.8 Å². The van der Waals surface area contributed by atoms with Crippen molar-refractivity contribution in [2.24, 2.45) is 5.41 Å². The lowest BCUT2D eigenvalue weighted by Gasteiger charge is -2.43. The quantitative estimate of drug-likeness (QED) is 0.720. The molecule has 0 unspecified atom stereocenters. The summed E-state index contributed by atoms with van der Waals surface area (Å²) < 4.78 is 47.4. The SMILES string of the molecule is CO[C@@H]1Oc2cc(OS(=O)(=O)c3ccc(C)cc3)ccc2[C@@H](OC)C1(C)C. The van der Waals surface area contributed by atoms with Crippen molar-refractivity contribution in [2.75, 3.05) is 14.2 Å². The van der Waals surface area contributed by atoms with Gasteiger partial charge in [-0.2, -0.15) is 8.42 Å². The van der Waals surface area contributed by atoms with Crippen LogP contribution in [0.1, 0.15) is 31.1 Å². The van der Waals surface area contributed by atoms with E-state index in [9.17, 15) is 8.42 Å². The summed E-state index contributed by atoms with van der Waals surface area (Å²) in [4.78, 5) is 0.0948. The average Bonchev–Trinajstić information content (AvgIpc) is 2.61. The fourth-order valence-corrected chi connectivity index (χ4v) is 4.26. The Morgan fingerprint density at radius 1 is 1.00 bits per heavy atom. The predicted octanol–water partition coefficient (Wildman–Crippen LogP) is 3.84. The van der Waals surface area contributed by atoms with Crippen LogP contribution in [0.4, 0.5) is 0 Å². The molecule has 1 heterocycles. The van der Waals surface area contributed by atoms with Crippen LogP contribution in [-0.4, -0.2) is 28.9 Å². The molecule has 0 N–H and O–H groups in total. The first kappa shape index (κ1) is 19.7. The normalized spacial score (nSPS) is 21.2. The van der Waals surface area contributed by atoms with Crippen LogP contribution in [0.3, 0.4) is 0 Å². The second kappa shape index (κ2) is 7.14. The van der Waals surface area contributed by atoms with E-state index in [1.54, 1.807) is 44.6 Å². The second-order valence-corrected chi connectivity index (χ2v) is 8.72. The van der Waals surface area contributed by atoms with Crippen LogP contribution in [0.5, 0.6) is 11.5 Å². The van der Waals surface area contributed by atoms with Crippen molar-refractivity contribution in [3.63, 3.8) is 0 Å². The van der Waals surface area contributed by atoms with Gasteiger partial charge in [-0.25, -0.2) is 0 Å². The van der Waals surface area contributed by atoms with Gasteiger partial charge in [0.15, 0.2) is 0 Å². The first-order valence-electron chi connectivity index (χ1n) is 8.56. The Labute approximate surface area is 160 Å². The van der Waals surface area contributed by atoms with Gasteiger partial charge in [-0.05, 0) is 31.2 Å². The van der Waals surface area contributed by atoms with Crippen molar-refractivity contribution in [3.05, 3.63) is 53.6 Å². The fraction of sp³-hybridized carbons (Fsp3) is 0.400. The highest BCUT2D eigenvalue weighted by Crippen LogP contribution is 2.49. The summed E-state index contributed by atoms with van der Waals surface area (Å²) in [6.07, 6.45) is -0.812. The van der Waals surface area contributed by atoms with Gasteiger partial charge in [0.25, 0.3) is 0 Å². The van der Waals surface area contributed by atoms with Crippen LogP contribution in [0.25, 0.3) is 0 Å². The summed E-state index contributed by atoms with van der Waals surface area (Å²) >= 11 is 0. The maximum Gasteiger partial charge on any atom is 0.339 e. The van der Waals surface area contributed by atoms with Gasteiger partial charge in [0.05, 0.1) is 11.5 Å². The van der Waals surface area contributed by atoms with E-state index >= 15 is 0 Å². The third-order valence-electron chi connectivity index (χ3n) is 4.75. The molecule has 3 rings (SSSR count). The highest BCUT2D eigenvalue weighted by atomic mass is 32.2. The monoisotopic (exact) mass is 392 g/mol. The summed E-state index contributed by atoms with van der Waals surface area (Å²) in [7, 11) is -0.748. The van der Waals surface area contributed by atoms with Crippen LogP contribution in [-0.2, 0) is 19.6 Å². The smallest absolute Gasteiger partial charge is 0.339 e. The van der Waals surface area contributed by atoms with Crippen molar-refractivity contribution in [3.8, 4) is 11.5 Å². The maximum absolute atomic E-state index is 12.5. The highest BCUT2D eigenvalue weighted by Gasteiger charge is 2.46. The van der Waals surface area contributed by atoms with Gasteiger partial charge >= 0.3 is 10.1 Å². The van der Waals surface area contributed by atoms with Crippen LogP contribution in [0.15, 0.2) is 47.4 Å². The number of hydrogen-bond donors (Lipinski definition) is 0. The number of fused-ring (bicyclic) bond motifs is 1. The van der Waals surface area contributed by atoms with Gasteiger partial charge in [-0.15, -0.1) is 0 Å². The molecule has 2 aromatic rings. The molecule has 2 aromatic carbocycles. The van der Waals surface area contributed by atoms with Crippen molar-refractivity contribution < 1.29 is 26.8 Å². The van der Waals surface area contributed by atoms with Crippen LogP contribution in [0, 0.1) is 12.3 Å². The minimum absolute atomic E-state index is 0.0948.